The van der Waals surface area contributed by atoms with Crippen molar-refractivity contribution in [3.05, 3.63) is 65.5 Å². The molecule has 2 rings (SSSR count). The van der Waals surface area contributed by atoms with E-state index in [1.807, 2.05) is 0 Å². The van der Waals surface area contributed by atoms with E-state index in [1.54, 1.807) is 25.3 Å². The molecule has 0 fully saturated rings. The second-order valence-electron chi connectivity index (χ2n) is 4.61. The predicted molar refractivity (Wildman–Crippen MR) is 65.8 cm³/mol. The van der Waals surface area contributed by atoms with Crippen molar-refractivity contribution in [2.75, 3.05) is 0 Å². The third-order valence-electron chi connectivity index (χ3n) is 2.85. The molecular weight excluding hydrogens is 234 g/mol. The number of hydrogen-bond donors (Lipinski definition) is 1. The van der Waals surface area contributed by atoms with Crippen molar-refractivity contribution in [1.82, 2.24) is 4.98 Å². The van der Waals surface area contributed by atoms with Crippen LogP contribution in [-0.2, 0) is 12.0 Å². The second-order valence-corrected chi connectivity index (χ2v) is 4.61. The van der Waals surface area contributed by atoms with Crippen molar-refractivity contribution < 1.29 is 8.78 Å². The van der Waals surface area contributed by atoms with Crippen LogP contribution in [0.5, 0.6) is 0 Å². The Labute approximate surface area is 104 Å². The van der Waals surface area contributed by atoms with E-state index >= 15 is 0 Å². The van der Waals surface area contributed by atoms with Gasteiger partial charge in [0.15, 0.2) is 0 Å². The number of halogens is 2. The standard InChI is InChI=1S/C14H14F2N2/c1-14(17,11-6-13(16)9-18-8-11)7-10-2-4-12(15)5-3-10/h2-6,8-9H,7,17H2,1H3. The van der Waals surface area contributed by atoms with Gasteiger partial charge in [0, 0.05) is 11.7 Å². The zero-order valence-electron chi connectivity index (χ0n) is 10.0. The average Bonchev–Trinajstić information content (AvgIpc) is 2.32. The fraction of sp³-hybridized carbons (Fsp3) is 0.214. The lowest BCUT2D eigenvalue weighted by atomic mass is 9.87. The van der Waals surface area contributed by atoms with Crippen LogP contribution in [0.1, 0.15) is 18.1 Å². The highest BCUT2D eigenvalue weighted by Gasteiger charge is 2.22. The Balaban J connectivity index is 2.23. The number of rotatable bonds is 3. The van der Waals surface area contributed by atoms with Crippen molar-refractivity contribution in [3.63, 3.8) is 0 Å². The summed E-state index contributed by atoms with van der Waals surface area (Å²) in [5, 5.41) is 0. The Morgan fingerprint density at radius 1 is 1.11 bits per heavy atom. The van der Waals surface area contributed by atoms with Gasteiger partial charge in [0.25, 0.3) is 0 Å². The van der Waals surface area contributed by atoms with Gasteiger partial charge in [0.05, 0.1) is 6.20 Å². The Morgan fingerprint density at radius 3 is 2.39 bits per heavy atom. The molecule has 4 heteroatoms. The zero-order valence-corrected chi connectivity index (χ0v) is 10.0. The molecule has 0 aliphatic carbocycles. The van der Waals surface area contributed by atoms with Crippen LogP contribution in [0.25, 0.3) is 0 Å². The van der Waals surface area contributed by atoms with Gasteiger partial charge in [-0.3, -0.25) is 4.98 Å². The van der Waals surface area contributed by atoms with Crippen molar-refractivity contribution >= 4 is 0 Å². The highest BCUT2D eigenvalue weighted by atomic mass is 19.1. The number of pyridine rings is 1. The summed E-state index contributed by atoms with van der Waals surface area (Å²) in [6.07, 6.45) is 3.17. The van der Waals surface area contributed by atoms with Crippen molar-refractivity contribution in [2.24, 2.45) is 5.73 Å². The minimum atomic E-state index is -0.743. The first kappa shape index (κ1) is 12.6. The van der Waals surface area contributed by atoms with Crippen LogP contribution >= 0.6 is 0 Å². The molecule has 0 saturated carbocycles. The topological polar surface area (TPSA) is 38.9 Å². The Hall–Kier alpha value is -1.81. The molecule has 1 atom stereocenters. The molecule has 0 aliphatic rings. The molecule has 0 saturated heterocycles. The van der Waals surface area contributed by atoms with E-state index in [1.165, 1.54) is 18.2 Å². The summed E-state index contributed by atoms with van der Waals surface area (Å²) in [5.74, 6) is -0.701. The highest BCUT2D eigenvalue weighted by Crippen LogP contribution is 2.22. The molecule has 0 aliphatic heterocycles. The SMILES string of the molecule is CC(N)(Cc1ccc(F)cc1)c1cncc(F)c1. The van der Waals surface area contributed by atoms with Gasteiger partial charge in [-0.25, -0.2) is 8.78 Å². The van der Waals surface area contributed by atoms with Crippen LogP contribution in [0.2, 0.25) is 0 Å². The van der Waals surface area contributed by atoms with Crippen LogP contribution in [0.3, 0.4) is 0 Å². The summed E-state index contributed by atoms with van der Waals surface area (Å²) in [5.41, 5.74) is 6.95. The summed E-state index contributed by atoms with van der Waals surface area (Å²) >= 11 is 0. The van der Waals surface area contributed by atoms with Crippen molar-refractivity contribution in [3.8, 4) is 0 Å². The molecule has 1 heterocycles. The molecule has 0 amide bonds. The minimum absolute atomic E-state index is 0.287. The van der Waals surface area contributed by atoms with Crippen LogP contribution in [0, 0.1) is 11.6 Å². The monoisotopic (exact) mass is 248 g/mol. The van der Waals surface area contributed by atoms with Gasteiger partial charge >= 0.3 is 0 Å². The van der Waals surface area contributed by atoms with Gasteiger partial charge in [-0.2, -0.15) is 0 Å². The molecule has 2 N–H and O–H groups in total. The van der Waals surface area contributed by atoms with Gasteiger partial charge in [0.2, 0.25) is 0 Å². The summed E-state index contributed by atoms with van der Waals surface area (Å²) in [4.78, 5) is 3.79. The van der Waals surface area contributed by atoms with E-state index in [0.717, 1.165) is 11.8 Å². The quantitative estimate of drug-likeness (QED) is 0.907. The van der Waals surface area contributed by atoms with Crippen LogP contribution in [0.4, 0.5) is 8.78 Å². The fourth-order valence-corrected chi connectivity index (χ4v) is 1.85. The first-order chi connectivity index (χ1) is 8.47. The molecule has 0 spiro atoms. The smallest absolute Gasteiger partial charge is 0.141 e. The Morgan fingerprint density at radius 2 is 1.78 bits per heavy atom. The van der Waals surface area contributed by atoms with E-state index in [0.29, 0.717) is 12.0 Å². The minimum Gasteiger partial charge on any atom is -0.321 e. The summed E-state index contributed by atoms with van der Waals surface area (Å²) in [6, 6.07) is 7.49. The molecule has 1 aromatic heterocycles. The maximum Gasteiger partial charge on any atom is 0.141 e. The molecule has 18 heavy (non-hydrogen) atoms. The predicted octanol–water partition coefficient (Wildman–Crippen LogP) is 2.78. The van der Waals surface area contributed by atoms with Crippen LogP contribution in [0.15, 0.2) is 42.7 Å². The molecular formula is C14H14F2N2. The third-order valence-corrected chi connectivity index (χ3v) is 2.85. The first-order valence-electron chi connectivity index (χ1n) is 5.62. The lowest BCUT2D eigenvalue weighted by Gasteiger charge is -2.25. The summed E-state index contributed by atoms with van der Waals surface area (Å²) in [7, 11) is 0. The first-order valence-corrected chi connectivity index (χ1v) is 5.62. The molecule has 1 aromatic carbocycles. The second kappa shape index (κ2) is 4.82. The van der Waals surface area contributed by atoms with E-state index in [9.17, 15) is 8.78 Å². The van der Waals surface area contributed by atoms with Crippen molar-refractivity contribution in [1.29, 1.82) is 0 Å². The Bertz CT molecular complexity index is 536. The summed E-state index contributed by atoms with van der Waals surface area (Å²) in [6.45, 7) is 1.80. The maximum atomic E-state index is 13.1. The van der Waals surface area contributed by atoms with E-state index < -0.39 is 11.4 Å². The third kappa shape index (κ3) is 2.90. The van der Waals surface area contributed by atoms with Crippen LogP contribution < -0.4 is 5.73 Å². The van der Waals surface area contributed by atoms with Gasteiger partial charge in [0.1, 0.15) is 11.6 Å². The number of hydrogen-bond acceptors (Lipinski definition) is 2. The van der Waals surface area contributed by atoms with E-state index in [4.69, 9.17) is 5.73 Å². The van der Waals surface area contributed by atoms with Gasteiger partial charge in [-0.1, -0.05) is 12.1 Å². The Kier molecular flexibility index (Phi) is 3.39. The molecule has 94 valence electrons. The maximum absolute atomic E-state index is 13.1. The van der Waals surface area contributed by atoms with Crippen LogP contribution in [-0.4, -0.2) is 4.98 Å². The lowest BCUT2D eigenvalue weighted by molar-refractivity contribution is 0.483. The fourth-order valence-electron chi connectivity index (χ4n) is 1.85. The van der Waals surface area contributed by atoms with Crippen molar-refractivity contribution in [2.45, 2.75) is 18.9 Å². The summed E-state index contributed by atoms with van der Waals surface area (Å²) < 4.78 is 25.9. The number of benzene rings is 1. The molecule has 0 bridgehead atoms. The van der Waals surface area contributed by atoms with E-state index in [-0.39, 0.29) is 5.82 Å². The highest BCUT2D eigenvalue weighted by molar-refractivity contribution is 5.26. The van der Waals surface area contributed by atoms with Gasteiger partial charge in [-0.05, 0) is 42.7 Å². The number of nitrogens with two attached hydrogens (primary N) is 1. The number of nitrogens with zero attached hydrogens (tertiary/aromatic N) is 1. The lowest BCUT2D eigenvalue weighted by Crippen LogP contribution is -2.35. The van der Waals surface area contributed by atoms with Gasteiger partial charge < -0.3 is 5.73 Å². The number of aromatic nitrogens is 1. The largest absolute Gasteiger partial charge is 0.321 e. The zero-order chi connectivity index (χ0) is 13.2. The molecule has 2 aromatic rings. The van der Waals surface area contributed by atoms with Gasteiger partial charge in [-0.15, -0.1) is 0 Å². The van der Waals surface area contributed by atoms with E-state index in [2.05, 4.69) is 4.98 Å². The molecule has 2 nitrogen and oxygen atoms in total. The average molecular weight is 248 g/mol. The molecule has 1 unspecified atom stereocenters. The normalized spacial score (nSPS) is 14.2. The molecule has 0 radical (unpaired) electrons.